The minimum absolute atomic E-state index is 0.0595. The van der Waals surface area contributed by atoms with E-state index in [0.29, 0.717) is 5.89 Å². The van der Waals surface area contributed by atoms with E-state index in [1.165, 1.54) is 13.8 Å². The minimum Gasteiger partial charge on any atom is -0.337 e. The number of carbonyl (C=O) groups excluding carboxylic acids is 1. The number of hydrogen-bond donors (Lipinski definition) is 2. The maximum atomic E-state index is 11.7. The Bertz CT molecular complexity index is 560. The number of nitrogens with zero attached hydrogens (tertiary/aromatic N) is 2. The molecule has 0 bridgehead atoms. The zero-order valence-corrected chi connectivity index (χ0v) is 11.5. The first kappa shape index (κ1) is 13.9. The summed E-state index contributed by atoms with van der Waals surface area (Å²) in [6.45, 7) is 3.80. The average molecular weight is 288 g/mol. The summed E-state index contributed by atoms with van der Waals surface area (Å²) in [4.78, 5) is 15.6. The molecule has 2 rings (SSSR count). The van der Waals surface area contributed by atoms with Crippen LogP contribution in [0.5, 0.6) is 0 Å². The lowest BCUT2D eigenvalue weighted by molar-refractivity contribution is 0.0968. The van der Waals surface area contributed by atoms with Gasteiger partial charge in [0.2, 0.25) is 15.9 Å². The smallest absolute Gasteiger partial charge is 0.306 e. The van der Waals surface area contributed by atoms with E-state index in [9.17, 15) is 13.2 Å². The average Bonchev–Trinajstić information content (AvgIpc) is 2.99. The molecule has 0 spiro atoms. The van der Waals surface area contributed by atoms with Crippen molar-refractivity contribution in [1.29, 1.82) is 0 Å². The van der Waals surface area contributed by atoms with Gasteiger partial charge < -0.3 is 9.84 Å². The quantitative estimate of drug-likeness (QED) is 0.799. The number of sulfonamides is 1. The molecule has 1 aliphatic heterocycles. The summed E-state index contributed by atoms with van der Waals surface area (Å²) in [5.41, 5.74) is 0. The van der Waals surface area contributed by atoms with Gasteiger partial charge in [0.05, 0.1) is 11.3 Å². The summed E-state index contributed by atoms with van der Waals surface area (Å²) in [5, 5.41) is 5.94. The molecule has 1 amide bonds. The molecule has 0 saturated carbocycles. The lowest BCUT2D eigenvalue weighted by Crippen LogP contribution is -2.36. The second kappa shape index (κ2) is 5.25. The highest BCUT2D eigenvalue weighted by Gasteiger charge is 2.26. The Balaban J connectivity index is 2.08. The number of hydrogen-bond acceptors (Lipinski definition) is 7. The van der Waals surface area contributed by atoms with Crippen molar-refractivity contribution in [3.8, 4) is 0 Å². The van der Waals surface area contributed by atoms with Crippen LogP contribution in [0.1, 0.15) is 49.2 Å². The Kier molecular flexibility index (Phi) is 3.85. The summed E-state index contributed by atoms with van der Waals surface area (Å²) in [7, 11) is -3.69. The summed E-state index contributed by atoms with van der Waals surface area (Å²) in [6.07, 6.45) is 1.85. The summed E-state index contributed by atoms with van der Waals surface area (Å²) >= 11 is 0. The first-order valence-electron chi connectivity index (χ1n) is 6.03. The van der Waals surface area contributed by atoms with Crippen molar-refractivity contribution in [3.63, 3.8) is 0 Å². The molecular weight excluding hydrogens is 272 g/mol. The number of amides is 1. The molecule has 0 aromatic carbocycles. The van der Waals surface area contributed by atoms with Crippen LogP contribution in [0.2, 0.25) is 0 Å². The highest BCUT2D eigenvalue weighted by Crippen LogP contribution is 2.20. The predicted molar refractivity (Wildman–Crippen MR) is 65.8 cm³/mol. The molecule has 106 valence electrons. The Labute approximate surface area is 111 Å². The third kappa shape index (κ3) is 3.10. The van der Waals surface area contributed by atoms with Crippen LogP contribution in [0.25, 0.3) is 0 Å². The van der Waals surface area contributed by atoms with Crippen LogP contribution < -0.4 is 10.0 Å². The van der Waals surface area contributed by atoms with Crippen molar-refractivity contribution < 1.29 is 17.7 Å². The van der Waals surface area contributed by atoms with E-state index in [-0.39, 0.29) is 11.9 Å². The molecular formula is C10H16N4O4S. The second-order valence-corrected chi connectivity index (χ2v) is 6.87. The summed E-state index contributed by atoms with van der Waals surface area (Å²) in [5.74, 6) is -0.834. The number of nitrogens with one attached hydrogen (secondary N) is 2. The van der Waals surface area contributed by atoms with E-state index >= 15 is 0 Å². The SMILES string of the molecule is CC(C)S(=O)(=O)NC(=O)c1noc(C2CCCN2)n1. The van der Waals surface area contributed by atoms with E-state index < -0.39 is 21.2 Å². The van der Waals surface area contributed by atoms with E-state index in [4.69, 9.17) is 4.52 Å². The molecule has 1 aromatic heterocycles. The van der Waals surface area contributed by atoms with Crippen LogP contribution in [0, 0.1) is 0 Å². The third-order valence-electron chi connectivity index (χ3n) is 2.86. The highest BCUT2D eigenvalue weighted by atomic mass is 32.2. The van der Waals surface area contributed by atoms with Crippen molar-refractivity contribution in [1.82, 2.24) is 20.2 Å². The third-order valence-corrected chi connectivity index (χ3v) is 4.57. The normalized spacial score (nSPS) is 19.8. The molecule has 1 aliphatic rings. The van der Waals surface area contributed by atoms with Crippen LogP contribution in [0.4, 0.5) is 0 Å². The maximum Gasteiger partial charge on any atom is 0.306 e. The zero-order valence-electron chi connectivity index (χ0n) is 10.7. The van der Waals surface area contributed by atoms with Crippen molar-refractivity contribution in [2.45, 2.75) is 38.0 Å². The summed E-state index contributed by atoms with van der Waals surface area (Å²) in [6, 6.07) is -0.0595. The van der Waals surface area contributed by atoms with Gasteiger partial charge in [-0.1, -0.05) is 5.16 Å². The fourth-order valence-corrected chi connectivity index (χ4v) is 2.24. The molecule has 2 heterocycles. The molecule has 19 heavy (non-hydrogen) atoms. The van der Waals surface area contributed by atoms with E-state index in [0.717, 1.165) is 19.4 Å². The van der Waals surface area contributed by atoms with Gasteiger partial charge in [-0.25, -0.2) is 13.1 Å². The molecule has 1 atom stereocenters. The Morgan fingerprint density at radius 2 is 2.26 bits per heavy atom. The number of rotatable bonds is 4. The first-order valence-corrected chi connectivity index (χ1v) is 7.57. The van der Waals surface area contributed by atoms with Gasteiger partial charge in [-0.2, -0.15) is 4.98 Å². The van der Waals surface area contributed by atoms with Crippen molar-refractivity contribution in [3.05, 3.63) is 11.7 Å². The molecule has 1 saturated heterocycles. The standard InChI is InChI=1S/C10H16N4O4S/c1-6(2)19(16,17)14-9(15)8-12-10(18-13-8)7-4-3-5-11-7/h6-7,11H,3-5H2,1-2H3,(H,14,15). The van der Waals surface area contributed by atoms with Crippen LogP contribution >= 0.6 is 0 Å². The van der Waals surface area contributed by atoms with Gasteiger partial charge in [-0.3, -0.25) is 4.79 Å². The van der Waals surface area contributed by atoms with Gasteiger partial charge in [0.1, 0.15) is 0 Å². The molecule has 0 radical (unpaired) electrons. The Hall–Kier alpha value is -1.48. The molecule has 1 aromatic rings. The van der Waals surface area contributed by atoms with Gasteiger partial charge in [0, 0.05) is 0 Å². The van der Waals surface area contributed by atoms with E-state index in [1.807, 2.05) is 4.72 Å². The van der Waals surface area contributed by atoms with Gasteiger partial charge in [-0.15, -0.1) is 0 Å². The lowest BCUT2D eigenvalue weighted by Gasteiger charge is -2.06. The maximum absolute atomic E-state index is 11.7. The first-order chi connectivity index (χ1) is 8.90. The number of aromatic nitrogens is 2. The predicted octanol–water partition coefficient (Wildman–Crippen LogP) is -0.0379. The van der Waals surface area contributed by atoms with Crippen molar-refractivity contribution >= 4 is 15.9 Å². The zero-order chi connectivity index (χ0) is 14.0. The van der Waals surface area contributed by atoms with Crippen LogP contribution in [-0.4, -0.2) is 36.3 Å². The number of carbonyl (C=O) groups is 1. The lowest BCUT2D eigenvalue weighted by atomic mass is 10.2. The molecule has 1 unspecified atom stereocenters. The van der Waals surface area contributed by atoms with Crippen LogP contribution in [-0.2, 0) is 10.0 Å². The summed E-state index contributed by atoms with van der Waals surface area (Å²) < 4.78 is 30.0. The second-order valence-electron chi connectivity index (χ2n) is 4.63. The minimum atomic E-state index is -3.69. The molecule has 9 heteroatoms. The van der Waals surface area contributed by atoms with Crippen LogP contribution in [0.3, 0.4) is 0 Å². The van der Waals surface area contributed by atoms with Gasteiger partial charge in [0.15, 0.2) is 0 Å². The topological polar surface area (TPSA) is 114 Å². The fraction of sp³-hybridized carbons (Fsp3) is 0.700. The van der Waals surface area contributed by atoms with Crippen molar-refractivity contribution in [2.24, 2.45) is 0 Å². The Morgan fingerprint density at radius 1 is 1.53 bits per heavy atom. The van der Waals surface area contributed by atoms with E-state index in [1.54, 1.807) is 0 Å². The van der Waals surface area contributed by atoms with Gasteiger partial charge >= 0.3 is 5.91 Å². The molecule has 2 N–H and O–H groups in total. The highest BCUT2D eigenvalue weighted by molar-refractivity contribution is 7.90. The van der Waals surface area contributed by atoms with Crippen LogP contribution in [0.15, 0.2) is 4.52 Å². The van der Waals surface area contributed by atoms with Crippen molar-refractivity contribution in [2.75, 3.05) is 6.54 Å². The molecule has 8 nitrogen and oxygen atoms in total. The van der Waals surface area contributed by atoms with Gasteiger partial charge in [0.25, 0.3) is 5.82 Å². The fourth-order valence-electron chi connectivity index (χ4n) is 1.66. The molecule has 0 aliphatic carbocycles. The van der Waals surface area contributed by atoms with Gasteiger partial charge in [-0.05, 0) is 33.2 Å². The molecule has 1 fully saturated rings. The monoisotopic (exact) mass is 288 g/mol. The Morgan fingerprint density at radius 3 is 2.84 bits per heavy atom. The largest absolute Gasteiger partial charge is 0.337 e. The van der Waals surface area contributed by atoms with E-state index in [2.05, 4.69) is 15.5 Å².